The van der Waals surface area contributed by atoms with Crippen LogP contribution in [0.3, 0.4) is 0 Å². The highest BCUT2D eigenvalue weighted by molar-refractivity contribution is 5.70. The molecule has 0 rings (SSSR count). The van der Waals surface area contributed by atoms with Gasteiger partial charge >= 0.3 is 11.9 Å². The van der Waals surface area contributed by atoms with Gasteiger partial charge in [0, 0.05) is 19.4 Å². The molecule has 0 aliphatic carbocycles. The summed E-state index contributed by atoms with van der Waals surface area (Å²) in [6, 6.07) is 0. The number of carbonyl (C=O) groups excluding carboxylic acids is 2. The van der Waals surface area contributed by atoms with E-state index in [4.69, 9.17) is 14.2 Å². The minimum Gasteiger partial charge on any atom is -0.462 e. The van der Waals surface area contributed by atoms with E-state index < -0.39 is 6.10 Å². The molecule has 0 saturated heterocycles. The number of esters is 2. The van der Waals surface area contributed by atoms with Crippen LogP contribution >= 0.6 is 0 Å². The first-order valence-electron chi connectivity index (χ1n) is 24.8. The lowest BCUT2D eigenvalue weighted by atomic mass is 10.1. The zero-order valence-corrected chi connectivity index (χ0v) is 38.6. The van der Waals surface area contributed by atoms with E-state index in [1.807, 2.05) is 0 Å². The maximum Gasteiger partial charge on any atom is 0.306 e. The molecule has 0 saturated carbocycles. The second-order valence-electron chi connectivity index (χ2n) is 16.3. The number of unbranched alkanes of at least 4 members (excludes halogenated alkanes) is 24. The minimum atomic E-state index is -0.546. The fraction of sp³-hybridized carbons (Fsp3) is 0.774. The van der Waals surface area contributed by atoms with Gasteiger partial charge in [0.25, 0.3) is 0 Å². The second-order valence-corrected chi connectivity index (χ2v) is 16.3. The highest BCUT2D eigenvalue weighted by Crippen LogP contribution is 2.14. The number of rotatable bonds is 45. The van der Waals surface area contributed by atoms with Crippen molar-refractivity contribution in [3.63, 3.8) is 0 Å². The molecule has 0 aromatic rings. The van der Waals surface area contributed by atoms with Crippen LogP contribution in [0, 0.1) is 0 Å². The summed E-state index contributed by atoms with van der Waals surface area (Å²) in [6.45, 7) is 7.67. The molecule has 0 aromatic heterocycles. The van der Waals surface area contributed by atoms with Gasteiger partial charge in [-0.1, -0.05) is 204 Å². The van der Waals surface area contributed by atoms with Crippen molar-refractivity contribution in [3.05, 3.63) is 60.8 Å². The lowest BCUT2D eigenvalue weighted by Gasteiger charge is -2.18. The third-order valence-corrected chi connectivity index (χ3v) is 10.5. The first kappa shape index (κ1) is 55.6. The quantitative estimate of drug-likeness (QED) is 0.0348. The molecule has 58 heavy (non-hydrogen) atoms. The minimum absolute atomic E-state index is 0.0710. The summed E-state index contributed by atoms with van der Waals surface area (Å²) >= 11 is 0. The van der Waals surface area contributed by atoms with Crippen molar-refractivity contribution < 1.29 is 23.8 Å². The number of hydrogen-bond donors (Lipinski definition) is 0. The molecule has 0 radical (unpaired) electrons. The largest absolute Gasteiger partial charge is 0.462 e. The van der Waals surface area contributed by atoms with Crippen molar-refractivity contribution in [3.8, 4) is 0 Å². The van der Waals surface area contributed by atoms with E-state index in [1.165, 1.54) is 122 Å². The average Bonchev–Trinajstić information content (AvgIpc) is 3.22. The molecule has 1 atom stereocenters. The van der Waals surface area contributed by atoms with E-state index in [0.29, 0.717) is 19.4 Å². The van der Waals surface area contributed by atoms with Crippen LogP contribution in [0.4, 0.5) is 0 Å². The van der Waals surface area contributed by atoms with Crippen LogP contribution in [0.5, 0.6) is 0 Å². The monoisotopic (exact) mass is 811 g/mol. The van der Waals surface area contributed by atoms with Gasteiger partial charge in [0.2, 0.25) is 0 Å². The molecule has 0 amide bonds. The van der Waals surface area contributed by atoms with Crippen molar-refractivity contribution in [2.75, 3.05) is 19.8 Å². The molecule has 0 fully saturated rings. The molecule has 0 bridgehead atoms. The Kier molecular flexibility index (Phi) is 46.9. The Morgan fingerprint density at radius 3 is 1.26 bits per heavy atom. The SMILES string of the molecule is CC/C=C\C/C=C\C/C=C\C/C=C\CCCCCCC(=O)OCC(COCCCCCCCC/C=C\CCCCCCCC)OC(=O)CCCCCCCCCCC. The first-order valence-corrected chi connectivity index (χ1v) is 24.8. The molecule has 1 unspecified atom stereocenters. The normalized spacial score (nSPS) is 12.7. The molecule has 0 heterocycles. The van der Waals surface area contributed by atoms with Crippen molar-refractivity contribution in [2.45, 2.75) is 245 Å². The topological polar surface area (TPSA) is 61.8 Å². The maximum atomic E-state index is 12.7. The highest BCUT2D eigenvalue weighted by Gasteiger charge is 2.17. The third kappa shape index (κ3) is 46.3. The van der Waals surface area contributed by atoms with Crippen LogP contribution in [0.1, 0.15) is 239 Å². The molecule has 5 heteroatoms. The molecule has 0 aliphatic heterocycles. The summed E-state index contributed by atoms with van der Waals surface area (Å²) in [7, 11) is 0. The summed E-state index contributed by atoms with van der Waals surface area (Å²) in [6.07, 6.45) is 60.8. The number of ether oxygens (including phenoxy) is 3. The fourth-order valence-electron chi connectivity index (χ4n) is 6.85. The van der Waals surface area contributed by atoms with Crippen LogP contribution < -0.4 is 0 Å². The zero-order chi connectivity index (χ0) is 42.1. The standard InChI is InChI=1S/C53H94O5/c1-4-7-10-13-16-19-21-23-25-27-28-30-32-35-37-40-43-46-52(54)57-50-51(58-53(55)47-44-41-38-34-18-15-12-9-6-3)49-56-48-45-42-39-36-33-31-29-26-24-22-20-17-14-11-8-5-2/h7,10,16,19,23-26,28,30,51H,4-6,8-9,11-15,17-18,20-22,27,29,31-50H2,1-3H3/b10-7-,19-16-,25-23-,26-24-,30-28-. The molecule has 0 aliphatic rings. The van der Waals surface area contributed by atoms with Crippen LogP contribution in [-0.4, -0.2) is 37.9 Å². The Hall–Kier alpha value is -2.40. The summed E-state index contributed by atoms with van der Waals surface area (Å²) in [5.74, 6) is -0.426. The average molecular weight is 811 g/mol. The van der Waals surface area contributed by atoms with Gasteiger partial charge in [-0.05, 0) is 83.5 Å². The summed E-state index contributed by atoms with van der Waals surface area (Å²) < 4.78 is 17.3. The van der Waals surface area contributed by atoms with Gasteiger partial charge < -0.3 is 14.2 Å². The van der Waals surface area contributed by atoms with Gasteiger partial charge in [0.1, 0.15) is 6.61 Å². The smallest absolute Gasteiger partial charge is 0.306 e. The van der Waals surface area contributed by atoms with E-state index in [-0.39, 0.29) is 25.2 Å². The highest BCUT2D eigenvalue weighted by atomic mass is 16.6. The predicted octanol–water partition coefficient (Wildman–Crippen LogP) is 16.6. The molecular formula is C53H94O5. The first-order chi connectivity index (χ1) is 28.6. The summed E-state index contributed by atoms with van der Waals surface area (Å²) in [5, 5.41) is 0. The molecule has 0 aromatic carbocycles. The van der Waals surface area contributed by atoms with Crippen LogP contribution in [0.2, 0.25) is 0 Å². The van der Waals surface area contributed by atoms with Crippen LogP contribution in [0.25, 0.3) is 0 Å². The summed E-state index contributed by atoms with van der Waals surface area (Å²) in [4.78, 5) is 25.3. The number of hydrogen-bond acceptors (Lipinski definition) is 5. The Morgan fingerprint density at radius 1 is 0.397 bits per heavy atom. The Balaban J connectivity index is 4.24. The van der Waals surface area contributed by atoms with Crippen molar-refractivity contribution in [1.29, 1.82) is 0 Å². The third-order valence-electron chi connectivity index (χ3n) is 10.5. The maximum absolute atomic E-state index is 12.7. The lowest BCUT2D eigenvalue weighted by Crippen LogP contribution is -2.30. The Labute approximate surface area is 360 Å². The van der Waals surface area contributed by atoms with Gasteiger partial charge in [-0.3, -0.25) is 9.59 Å². The zero-order valence-electron chi connectivity index (χ0n) is 38.6. The number of carbonyl (C=O) groups is 2. The fourth-order valence-corrected chi connectivity index (χ4v) is 6.85. The molecule has 0 N–H and O–H groups in total. The van der Waals surface area contributed by atoms with Gasteiger partial charge in [0.05, 0.1) is 6.61 Å². The molecule has 5 nitrogen and oxygen atoms in total. The van der Waals surface area contributed by atoms with E-state index in [9.17, 15) is 9.59 Å². The van der Waals surface area contributed by atoms with E-state index in [2.05, 4.69) is 81.5 Å². The number of allylic oxidation sites excluding steroid dienone is 10. The van der Waals surface area contributed by atoms with E-state index in [1.54, 1.807) is 0 Å². The Bertz CT molecular complexity index is 1010. The molecule has 0 spiro atoms. The molecule has 336 valence electrons. The molecular weight excluding hydrogens is 717 g/mol. The van der Waals surface area contributed by atoms with Gasteiger partial charge in [-0.15, -0.1) is 0 Å². The summed E-state index contributed by atoms with van der Waals surface area (Å²) in [5.41, 5.74) is 0. The van der Waals surface area contributed by atoms with Crippen molar-refractivity contribution in [1.82, 2.24) is 0 Å². The lowest BCUT2D eigenvalue weighted by molar-refractivity contribution is -0.163. The van der Waals surface area contributed by atoms with Crippen LogP contribution in [-0.2, 0) is 23.8 Å². The second kappa shape index (κ2) is 49.0. The van der Waals surface area contributed by atoms with Gasteiger partial charge in [-0.2, -0.15) is 0 Å². The van der Waals surface area contributed by atoms with Gasteiger partial charge in [-0.25, -0.2) is 0 Å². The Morgan fingerprint density at radius 2 is 0.776 bits per heavy atom. The predicted molar refractivity (Wildman–Crippen MR) is 251 cm³/mol. The van der Waals surface area contributed by atoms with E-state index in [0.717, 1.165) is 83.5 Å². The van der Waals surface area contributed by atoms with Crippen LogP contribution in [0.15, 0.2) is 60.8 Å². The van der Waals surface area contributed by atoms with E-state index >= 15 is 0 Å². The van der Waals surface area contributed by atoms with Crippen molar-refractivity contribution in [2.24, 2.45) is 0 Å². The van der Waals surface area contributed by atoms with Gasteiger partial charge in [0.15, 0.2) is 6.10 Å². The van der Waals surface area contributed by atoms with Crippen molar-refractivity contribution >= 4 is 11.9 Å².